The van der Waals surface area contributed by atoms with Gasteiger partial charge in [-0.15, -0.1) is 0 Å². The second-order valence-corrected chi connectivity index (χ2v) is 7.95. The number of sulfonamides is 1. The van der Waals surface area contributed by atoms with Crippen molar-refractivity contribution in [2.75, 3.05) is 32.4 Å². The smallest absolute Gasteiger partial charge is 0.225 e. The fourth-order valence-corrected chi connectivity index (χ4v) is 3.96. The van der Waals surface area contributed by atoms with Gasteiger partial charge in [-0.1, -0.05) is 6.92 Å². The third-order valence-electron chi connectivity index (χ3n) is 4.24. The zero-order valence-electron chi connectivity index (χ0n) is 11.8. The van der Waals surface area contributed by atoms with Crippen LogP contribution in [0.3, 0.4) is 0 Å². The third-order valence-corrected chi connectivity index (χ3v) is 5.54. The Morgan fingerprint density at radius 3 is 2.26 bits per heavy atom. The lowest BCUT2D eigenvalue weighted by atomic mass is 9.93. The highest BCUT2D eigenvalue weighted by Gasteiger charge is 2.32. The van der Waals surface area contributed by atoms with Crippen LogP contribution < -0.4 is 0 Å². The number of likely N-dealkylation sites (tertiary alicyclic amines) is 1. The van der Waals surface area contributed by atoms with Crippen LogP contribution in [0.4, 0.5) is 0 Å². The summed E-state index contributed by atoms with van der Waals surface area (Å²) in [5, 5.41) is 0. The molecular weight excluding hydrogens is 264 g/mol. The molecule has 0 aromatic heterocycles. The van der Waals surface area contributed by atoms with Gasteiger partial charge in [0.05, 0.1) is 6.26 Å². The summed E-state index contributed by atoms with van der Waals surface area (Å²) in [6.07, 6.45) is 4.86. The summed E-state index contributed by atoms with van der Waals surface area (Å²) in [5.41, 5.74) is 0. The first-order valence-electron chi connectivity index (χ1n) is 7.12. The first-order chi connectivity index (χ1) is 8.88. The standard InChI is InChI=1S/C13H24N2O3S/c1-11-4-3-7-14(10-11)13(16)12-5-8-15(9-6-12)19(2,17)18/h11-12H,3-10H2,1-2H3/t11-/m0/s1. The second-order valence-electron chi connectivity index (χ2n) is 5.97. The molecule has 2 aliphatic rings. The van der Waals surface area contributed by atoms with Gasteiger partial charge < -0.3 is 4.90 Å². The first-order valence-corrected chi connectivity index (χ1v) is 8.96. The number of hydrogen-bond acceptors (Lipinski definition) is 3. The lowest BCUT2D eigenvalue weighted by molar-refractivity contribution is -0.138. The zero-order valence-corrected chi connectivity index (χ0v) is 12.7. The number of piperidine rings is 2. The van der Waals surface area contributed by atoms with Gasteiger partial charge in [0.2, 0.25) is 15.9 Å². The molecule has 2 rings (SSSR count). The zero-order chi connectivity index (χ0) is 14.0. The van der Waals surface area contributed by atoms with Crippen LogP contribution in [0.5, 0.6) is 0 Å². The van der Waals surface area contributed by atoms with E-state index in [2.05, 4.69) is 6.92 Å². The number of carbonyl (C=O) groups is 1. The van der Waals surface area contributed by atoms with Gasteiger partial charge >= 0.3 is 0 Å². The lowest BCUT2D eigenvalue weighted by Crippen LogP contribution is -2.46. The molecule has 19 heavy (non-hydrogen) atoms. The molecule has 0 aromatic carbocycles. The molecule has 0 bridgehead atoms. The monoisotopic (exact) mass is 288 g/mol. The van der Waals surface area contributed by atoms with Gasteiger partial charge in [-0.05, 0) is 31.6 Å². The van der Waals surface area contributed by atoms with Crippen LogP contribution in [0.2, 0.25) is 0 Å². The molecule has 0 radical (unpaired) electrons. The SMILES string of the molecule is C[C@H]1CCCN(C(=O)C2CCN(S(C)(=O)=O)CC2)C1. The highest BCUT2D eigenvalue weighted by Crippen LogP contribution is 2.24. The Labute approximate surface area is 116 Å². The van der Waals surface area contributed by atoms with Crippen molar-refractivity contribution in [3.8, 4) is 0 Å². The molecule has 0 unspecified atom stereocenters. The van der Waals surface area contributed by atoms with Crippen LogP contribution in [-0.2, 0) is 14.8 Å². The molecule has 110 valence electrons. The molecule has 1 amide bonds. The van der Waals surface area contributed by atoms with Gasteiger partial charge in [0.25, 0.3) is 0 Å². The van der Waals surface area contributed by atoms with E-state index in [0.29, 0.717) is 31.8 Å². The van der Waals surface area contributed by atoms with Crippen molar-refractivity contribution in [1.82, 2.24) is 9.21 Å². The van der Waals surface area contributed by atoms with Crippen molar-refractivity contribution in [1.29, 1.82) is 0 Å². The molecule has 0 N–H and O–H groups in total. The fraction of sp³-hybridized carbons (Fsp3) is 0.923. The molecule has 2 heterocycles. The molecule has 0 saturated carbocycles. The van der Waals surface area contributed by atoms with Crippen molar-refractivity contribution in [2.24, 2.45) is 11.8 Å². The summed E-state index contributed by atoms with van der Waals surface area (Å²) in [6, 6.07) is 0. The molecule has 2 aliphatic heterocycles. The highest BCUT2D eigenvalue weighted by molar-refractivity contribution is 7.88. The highest BCUT2D eigenvalue weighted by atomic mass is 32.2. The summed E-state index contributed by atoms with van der Waals surface area (Å²) in [6.45, 7) is 4.89. The maximum absolute atomic E-state index is 12.4. The molecule has 2 saturated heterocycles. The Bertz CT molecular complexity index is 427. The van der Waals surface area contributed by atoms with Gasteiger partial charge in [0, 0.05) is 32.1 Å². The van der Waals surface area contributed by atoms with Crippen LogP contribution in [0.25, 0.3) is 0 Å². The van der Waals surface area contributed by atoms with Crippen LogP contribution in [0, 0.1) is 11.8 Å². The average molecular weight is 288 g/mol. The second kappa shape index (κ2) is 5.79. The molecule has 6 heteroatoms. The summed E-state index contributed by atoms with van der Waals surface area (Å²) in [4.78, 5) is 14.4. The topological polar surface area (TPSA) is 57.7 Å². The maximum Gasteiger partial charge on any atom is 0.225 e. The molecule has 2 fully saturated rings. The van der Waals surface area contributed by atoms with Gasteiger partial charge in [-0.2, -0.15) is 0 Å². The van der Waals surface area contributed by atoms with Crippen molar-refractivity contribution < 1.29 is 13.2 Å². The first kappa shape index (κ1) is 14.8. The van der Waals surface area contributed by atoms with Crippen molar-refractivity contribution in [2.45, 2.75) is 32.6 Å². The lowest BCUT2D eigenvalue weighted by Gasteiger charge is -2.36. The molecule has 1 atom stereocenters. The Morgan fingerprint density at radius 1 is 1.11 bits per heavy atom. The van der Waals surface area contributed by atoms with E-state index in [1.54, 1.807) is 0 Å². The summed E-state index contributed by atoms with van der Waals surface area (Å²) >= 11 is 0. The number of rotatable bonds is 2. The normalized spacial score (nSPS) is 27.5. The molecule has 0 aromatic rings. The number of amides is 1. The van der Waals surface area contributed by atoms with Crippen LogP contribution >= 0.6 is 0 Å². The minimum absolute atomic E-state index is 0.0169. The third kappa shape index (κ3) is 3.69. The predicted molar refractivity (Wildman–Crippen MR) is 74.1 cm³/mol. The Morgan fingerprint density at radius 2 is 1.74 bits per heavy atom. The van der Waals surface area contributed by atoms with E-state index >= 15 is 0 Å². The van der Waals surface area contributed by atoms with E-state index in [4.69, 9.17) is 0 Å². The van der Waals surface area contributed by atoms with Gasteiger partial charge in [-0.25, -0.2) is 12.7 Å². The van der Waals surface area contributed by atoms with E-state index < -0.39 is 10.0 Å². The number of carbonyl (C=O) groups excluding carboxylic acids is 1. The number of hydrogen-bond donors (Lipinski definition) is 0. The van der Waals surface area contributed by atoms with E-state index in [1.807, 2.05) is 4.90 Å². The molecule has 5 nitrogen and oxygen atoms in total. The summed E-state index contributed by atoms with van der Waals surface area (Å²) in [7, 11) is -3.10. The van der Waals surface area contributed by atoms with Crippen LogP contribution in [-0.4, -0.2) is 56.0 Å². The Balaban J connectivity index is 1.89. The predicted octanol–water partition coefficient (Wildman–Crippen LogP) is 0.917. The van der Waals surface area contributed by atoms with Crippen molar-refractivity contribution >= 4 is 15.9 Å². The number of nitrogens with zero attached hydrogens (tertiary/aromatic N) is 2. The Hall–Kier alpha value is -0.620. The van der Waals surface area contributed by atoms with E-state index in [1.165, 1.54) is 17.0 Å². The summed E-state index contributed by atoms with van der Waals surface area (Å²) < 4.78 is 24.4. The fourth-order valence-electron chi connectivity index (χ4n) is 3.08. The van der Waals surface area contributed by atoms with E-state index in [9.17, 15) is 13.2 Å². The van der Waals surface area contributed by atoms with Crippen molar-refractivity contribution in [3.63, 3.8) is 0 Å². The average Bonchev–Trinajstić information content (AvgIpc) is 2.37. The van der Waals surface area contributed by atoms with Crippen molar-refractivity contribution in [3.05, 3.63) is 0 Å². The summed E-state index contributed by atoms with van der Waals surface area (Å²) in [5.74, 6) is 0.844. The minimum Gasteiger partial charge on any atom is -0.342 e. The Kier molecular flexibility index (Phi) is 4.50. The molecule has 0 spiro atoms. The van der Waals surface area contributed by atoms with Gasteiger partial charge in [0.1, 0.15) is 0 Å². The largest absolute Gasteiger partial charge is 0.342 e. The van der Waals surface area contributed by atoms with Gasteiger partial charge in [-0.3, -0.25) is 4.79 Å². The molecular formula is C13H24N2O3S. The van der Waals surface area contributed by atoms with Gasteiger partial charge in [0.15, 0.2) is 0 Å². The quantitative estimate of drug-likeness (QED) is 0.759. The minimum atomic E-state index is -3.10. The maximum atomic E-state index is 12.4. The van der Waals surface area contributed by atoms with Crippen LogP contribution in [0.15, 0.2) is 0 Å². The molecule has 0 aliphatic carbocycles. The van der Waals surface area contributed by atoms with E-state index in [-0.39, 0.29) is 11.8 Å². The van der Waals surface area contributed by atoms with E-state index in [0.717, 1.165) is 19.5 Å². The van der Waals surface area contributed by atoms with Crippen LogP contribution in [0.1, 0.15) is 32.6 Å².